The summed E-state index contributed by atoms with van der Waals surface area (Å²) in [5, 5.41) is 8.99. The highest BCUT2D eigenvalue weighted by Crippen LogP contribution is 2.15. The van der Waals surface area contributed by atoms with Crippen molar-refractivity contribution in [2.75, 3.05) is 57.3 Å². The van der Waals surface area contributed by atoms with E-state index in [1.54, 1.807) is 12.3 Å². The number of nitrogens with one attached hydrogen (secondary N) is 2. The van der Waals surface area contributed by atoms with Crippen LogP contribution in [0.25, 0.3) is 0 Å². The number of pyridine rings is 1. The average Bonchev–Trinajstić information content (AvgIpc) is 2.57. The van der Waals surface area contributed by atoms with Gasteiger partial charge in [0.25, 0.3) is 5.82 Å². The minimum Gasteiger partial charge on any atom is -0.391 e. The zero-order valence-electron chi connectivity index (χ0n) is 14.0. The summed E-state index contributed by atoms with van der Waals surface area (Å²) in [5.41, 5.74) is 0. The highest BCUT2D eigenvalue weighted by Gasteiger charge is 2.27. The third-order valence-electron chi connectivity index (χ3n) is 4.39. The Kier molecular flexibility index (Phi) is 6.34. The van der Waals surface area contributed by atoms with Gasteiger partial charge in [0, 0.05) is 19.2 Å². The van der Waals surface area contributed by atoms with Gasteiger partial charge in [-0.25, -0.2) is 13.4 Å². The van der Waals surface area contributed by atoms with Crippen LogP contribution in [0.15, 0.2) is 23.2 Å². The number of aromatic nitrogens is 1. The predicted octanol–water partition coefficient (Wildman–Crippen LogP) is -1.77. The molecule has 2 rings (SSSR count). The SMILES string of the molecule is CCN(CC)S(=O)(=O)c1ccc(N2CC[NH+](CCO)CC2)[nH+]c1. The maximum Gasteiger partial charge on any atom is 0.274 e. The van der Waals surface area contributed by atoms with E-state index >= 15 is 0 Å². The minimum atomic E-state index is -3.41. The quantitative estimate of drug-likeness (QED) is 0.614. The molecular weight excluding hydrogens is 316 g/mol. The van der Waals surface area contributed by atoms with Crippen molar-refractivity contribution in [2.45, 2.75) is 18.7 Å². The molecule has 0 saturated carbocycles. The van der Waals surface area contributed by atoms with E-state index in [1.807, 2.05) is 19.9 Å². The number of H-pyrrole nitrogens is 1. The summed E-state index contributed by atoms with van der Waals surface area (Å²) < 4.78 is 26.4. The van der Waals surface area contributed by atoms with Gasteiger partial charge in [0.2, 0.25) is 10.0 Å². The monoisotopic (exact) mass is 344 g/mol. The van der Waals surface area contributed by atoms with Crippen molar-refractivity contribution in [3.8, 4) is 0 Å². The number of aliphatic hydroxyl groups is 1. The third-order valence-corrected chi connectivity index (χ3v) is 6.43. The molecule has 1 aliphatic heterocycles. The van der Waals surface area contributed by atoms with Crippen LogP contribution in [0.3, 0.4) is 0 Å². The van der Waals surface area contributed by atoms with E-state index in [9.17, 15) is 8.42 Å². The van der Waals surface area contributed by atoms with E-state index in [2.05, 4.69) is 9.88 Å². The molecule has 0 aromatic carbocycles. The van der Waals surface area contributed by atoms with Crippen molar-refractivity contribution in [2.24, 2.45) is 0 Å². The maximum absolute atomic E-state index is 12.5. The van der Waals surface area contributed by atoms with E-state index in [-0.39, 0.29) is 6.61 Å². The summed E-state index contributed by atoms with van der Waals surface area (Å²) in [4.78, 5) is 7.05. The summed E-state index contributed by atoms with van der Waals surface area (Å²) in [6.45, 7) is 9.38. The molecule has 3 N–H and O–H groups in total. The van der Waals surface area contributed by atoms with Gasteiger partial charge in [-0.15, -0.1) is 0 Å². The smallest absolute Gasteiger partial charge is 0.274 e. The molecule has 1 fully saturated rings. The van der Waals surface area contributed by atoms with Crippen LogP contribution in [0.1, 0.15) is 13.8 Å². The predicted molar refractivity (Wildman–Crippen MR) is 88.0 cm³/mol. The number of rotatable bonds is 7. The number of aliphatic hydroxyl groups excluding tert-OH is 1. The first-order chi connectivity index (χ1) is 11.0. The lowest BCUT2D eigenvalue weighted by molar-refractivity contribution is -0.901. The molecule has 130 valence electrons. The lowest BCUT2D eigenvalue weighted by Crippen LogP contribution is -3.15. The number of piperazine rings is 1. The Balaban J connectivity index is 2.06. The molecule has 0 aliphatic carbocycles. The fourth-order valence-corrected chi connectivity index (χ4v) is 4.37. The zero-order chi connectivity index (χ0) is 16.9. The van der Waals surface area contributed by atoms with E-state index in [4.69, 9.17) is 5.11 Å². The third kappa shape index (κ3) is 4.20. The number of quaternary nitrogens is 1. The van der Waals surface area contributed by atoms with Crippen LogP contribution in [-0.4, -0.2) is 70.2 Å². The van der Waals surface area contributed by atoms with Gasteiger partial charge in [0.15, 0.2) is 0 Å². The topological polar surface area (TPSA) is 79.4 Å². The first-order valence-corrected chi connectivity index (χ1v) is 9.68. The minimum absolute atomic E-state index is 0.222. The summed E-state index contributed by atoms with van der Waals surface area (Å²) in [6, 6.07) is 3.51. The van der Waals surface area contributed by atoms with Crippen molar-refractivity contribution in [3.05, 3.63) is 18.3 Å². The lowest BCUT2D eigenvalue weighted by atomic mass is 10.3. The molecule has 0 bridgehead atoms. The van der Waals surface area contributed by atoms with Crippen LogP contribution in [0.5, 0.6) is 0 Å². The second-order valence-electron chi connectivity index (χ2n) is 5.71. The molecule has 1 aromatic rings. The fourth-order valence-electron chi connectivity index (χ4n) is 2.94. The Morgan fingerprint density at radius 3 is 2.39 bits per heavy atom. The average molecular weight is 344 g/mol. The normalized spacial score (nSPS) is 17.0. The van der Waals surface area contributed by atoms with E-state index in [0.717, 1.165) is 38.5 Å². The number of nitrogens with zero attached hydrogens (tertiary/aromatic N) is 2. The van der Waals surface area contributed by atoms with Crippen LogP contribution in [0.2, 0.25) is 0 Å². The molecule has 7 nitrogen and oxygen atoms in total. The summed E-state index contributed by atoms with van der Waals surface area (Å²) in [7, 11) is -3.41. The molecular formula is C15H28N4O3S+2. The van der Waals surface area contributed by atoms with Crippen molar-refractivity contribution in [3.63, 3.8) is 0 Å². The highest BCUT2D eigenvalue weighted by molar-refractivity contribution is 7.89. The fraction of sp³-hybridized carbons (Fsp3) is 0.667. The highest BCUT2D eigenvalue weighted by atomic mass is 32.2. The Morgan fingerprint density at radius 1 is 1.26 bits per heavy atom. The second-order valence-corrected chi connectivity index (χ2v) is 7.65. The number of anilines is 1. The van der Waals surface area contributed by atoms with Crippen LogP contribution in [-0.2, 0) is 10.0 Å². The van der Waals surface area contributed by atoms with Crippen molar-refractivity contribution >= 4 is 15.8 Å². The number of aromatic amines is 1. The van der Waals surface area contributed by atoms with Gasteiger partial charge >= 0.3 is 0 Å². The van der Waals surface area contributed by atoms with Gasteiger partial charge in [-0.2, -0.15) is 4.31 Å². The lowest BCUT2D eigenvalue weighted by Gasteiger charge is -2.27. The molecule has 0 unspecified atom stereocenters. The molecule has 0 atom stereocenters. The Bertz CT molecular complexity index is 579. The Labute approximate surface area is 138 Å². The first-order valence-electron chi connectivity index (χ1n) is 8.24. The van der Waals surface area contributed by atoms with E-state index < -0.39 is 10.0 Å². The first kappa shape index (κ1) is 18.1. The Hall–Kier alpha value is -1.22. The Morgan fingerprint density at radius 2 is 1.91 bits per heavy atom. The van der Waals surface area contributed by atoms with Crippen molar-refractivity contribution < 1.29 is 23.4 Å². The second kappa shape index (κ2) is 8.05. The standard InChI is InChI=1S/C15H26N4O3S/c1-3-19(4-2)23(21,22)14-5-6-15(16-13-14)18-9-7-17(8-10-18)11-12-20/h5-6,13,20H,3-4,7-12H2,1-2H3/p+2. The van der Waals surface area contributed by atoms with Gasteiger partial charge < -0.3 is 10.0 Å². The number of hydrogen-bond donors (Lipinski definition) is 2. The van der Waals surface area contributed by atoms with Gasteiger partial charge in [0.1, 0.15) is 43.8 Å². The maximum atomic E-state index is 12.5. The van der Waals surface area contributed by atoms with Gasteiger partial charge in [-0.1, -0.05) is 13.8 Å². The van der Waals surface area contributed by atoms with Gasteiger partial charge in [-0.3, -0.25) is 4.90 Å². The zero-order valence-corrected chi connectivity index (χ0v) is 14.8. The van der Waals surface area contributed by atoms with Crippen LogP contribution in [0, 0.1) is 0 Å². The van der Waals surface area contributed by atoms with E-state index in [1.165, 1.54) is 9.21 Å². The van der Waals surface area contributed by atoms with Crippen molar-refractivity contribution in [1.29, 1.82) is 0 Å². The van der Waals surface area contributed by atoms with Crippen LogP contribution in [0.4, 0.5) is 5.82 Å². The molecule has 2 heterocycles. The van der Waals surface area contributed by atoms with Gasteiger partial charge in [0.05, 0.1) is 6.61 Å². The largest absolute Gasteiger partial charge is 0.391 e. The van der Waals surface area contributed by atoms with Gasteiger partial charge in [-0.05, 0) is 6.07 Å². The number of hydrogen-bond acceptors (Lipinski definition) is 4. The van der Waals surface area contributed by atoms with Crippen LogP contribution < -0.4 is 14.8 Å². The van der Waals surface area contributed by atoms with Crippen molar-refractivity contribution in [1.82, 2.24) is 4.31 Å². The number of sulfonamides is 1. The molecule has 1 aliphatic rings. The summed E-state index contributed by atoms with van der Waals surface area (Å²) >= 11 is 0. The molecule has 8 heteroatoms. The van der Waals surface area contributed by atoms with Crippen LogP contribution >= 0.6 is 0 Å². The molecule has 23 heavy (non-hydrogen) atoms. The molecule has 0 radical (unpaired) electrons. The molecule has 0 amide bonds. The summed E-state index contributed by atoms with van der Waals surface area (Å²) in [5.74, 6) is 0.937. The molecule has 0 spiro atoms. The summed E-state index contributed by atoms with van der Waals surface area (Å²) in [6.07, 6.45) is 1.58. The van der Waals surface area contributed by atoms with E-state index in [0.29, 0.717) is 18.0 Å². The molecule has 1 saturated heterocycles. The molecule has 1 aromatic heterocycles.